The number of esters is 1. The van der Waals surface area contributed by atoms with Crippen LogP contribution in [-0.4, -0.2) is 33.6 Å². The zero-order valence-electron chi connectivity index (χ0n) is 18.1. The second kappa shape index (κ2) is 6.31. The van der Waals surface area contributed by atoms with E-state index >= 15 is 4.39 Å². The van der Waals surface area contributed by atoms with Crippen molar-refractivity contribution in [2.24, 2.45) is 34.5 Å². The molecule has 0 amide bonds. The van der Waals surface area contributed by atoms with E-state index in [4.69, 9.17) is 16.3 Å². The molecule has 3 saturated carbocycles. The van der Waals surface area contributed by atoms with Gasteiger partial charge in [-0.25, -0.2) is 4.39 Å². The average molecular weight is 514 g/mol. The Balaban J connectivity index is 1.69. The molecule has 0 unspecified atom stereocenters. The van der Waals surface area contributed by atoms with Gasteiger partial charge in [0, 0.05) is 34.6 Å². The fourth-order valence-electron chi connectivity index (χ4n) is 7.95. The van der Waals surface area contributed by atoms with E-state index in [0.29, 0.717) is 17.9 Å². The molecule has 0 spiro atoms. The maximum atomic E-state index is 16.5. The van der Waals surface area contributed by atoms with E-state index in [1.165, 1.54) is 13.8 Å². The SMILES string of the molecule is CC(=O)O[C@]1(C(C)=O)CC[C@H]2[C@@H]3C=C(Cl)C4=CC(=O)[C@@H]5C[C@@H]5[C@]4(C)[C@@]3(Br)[C@@H](F)C[C@@]21C. The molecule has 0 aromatic heterocycles. The monoisotopic (exact) mass is 512 g/mol. The van der Waals surface area contributed by atoms with Gasteiger partial charge in [-0.1, -0.05) is 47.5 Å². The normalized spacial score (nSPS) is 52.1. The van der Waals surface area contributed by atoms with Crippen molar-refractivity contribution < 1.29 is 23.5 Å². The summed E-state index contributed by atoms with van der Waals surface area (Å²) < 4.78 is 21.3. The van der Waals surface area contributed by atoms with Crippen molar-refractivity contribution >= 4 is 45.1 Å². The van der Waals surface area contributed by atoms with Gasteiger partial charge in [0.1, 0.15) is 6.17 Å². The second-order valence-corrected chi connectivity index (χ2v) is 12.4. The summed E-state index contributed by atoms with van der Waals surface area (Å²) >= 11 is 10.7. The van der Waals surface area contributed by atoms with Crippen LogP contribution >= 0.6 is 27.5 Å². The number of rotatable bonds is 2. The molecule has 0 heterocycles. The number of fused-ring (bicyclic) bond motifs is 7. The van der Waals surface area contributed by atoms with Crippen LogP contribution in [0.1, 0.15) is 53.4 Å². The topological polar surface area (TPSA) is 60.4 Å². The van der Waals surface area contributed by atoms with Crippen LogP contribution in [0.15, 0.2) is 22.8 Å². The Hall–Kier alpha value is -1.01. The molecule has 0 N–H and O–H groups in total. The van der Waals surface area contributed by atoms with Crippen LogP contribution in [0.2, 0.25) is 0 Å². The summed E-state index contributed by atoms with van der Waals surface area (Å²) in [4.78, 5) is 37.3. The van der Waals surface area contributed by atoms with Gasteiger partial charge in [0.15, 0.2) is 17.2 Å². The summed E-state index contributed by atoms with van der Waals surface area (Å²) in [6, 6.07) is 0. The Morgan fingerprint density at radius 3 is 2.55 bits per heavy atom. The number of hydrogen-bond donors (Lipinski definition) is 0. The quantitative estimate of drug-likeness (QED) is 0.382. The van der Waals surface area contributed by atoms with Crippen molar-refractivity contribution in [1.82, 2.24) is 0 Å². The lowest BCUT2D eigenvalue weighted by Gasteiger charge is -2.63. The van der Waals surface area contributed by atoms with Gasteiger partial charge in [0.05, 0.1) is 4.32 Å². The zero-order valence-corrected chi connectivity index (χ0v) is 20.5. The highest BCUT2D eigenvalue weighted by Crippen LogP contribution is 2.76. The van der Waals surface area contributed by atoms with E-state index in [1.54, 1.807) is 6.08 Å². The maximum Gasteiger partial charge on any atom is 0.303 e. The lowest BCUT2D eigenvalue weighted by atomic mass is 9.46. The van der Waals surface area contributed by atoms with Gasteiger partial charge in [-0.15, -0.1) is 0 Å². The number of ketones is 2. The van der Waals surface area contributed by atoms with Crippen LogP contribution in [0.25, 0.3) is 0 Å². The molecule has 3 fully saturated rings. The van der Waals surface area contributed by atoms with E-state index in [1.807, 2.05) is 19.9 Å². The molecule has 4 nitrogen and oxygen atoms in total. The van der Waals surface area contributed by atoms with Gasteiger partial charge in [-0.2, -0.15) is 0 Å². The molecule has 0 saturated heterocycles. The second-order valence-electron chi connectivity index (χ2n) is 10.6. The summed E-state index contributed by atoms with van der Waals surface area (Å²) in [5.74, 6) is -1.06. The highest BCUT2D eigenvalue weighted by Gasteiger charge is 2.77. The van der Waals surface area contributed by atoms with E-state index in [9.17, 15) is 14.4 Å². The Morgan fingerprint density at radius 2 is 1.94 bits per heavy atom. The standard InChI is InChI=1S/C24H27BrClFO4/c1-11(28)23(31-12(2)29)6-5-14-16-8-18(26)17-9-19(30)13-7-15(13)22(17,4)24(16,25)20(27)10-21(14,23)3/h8-9,13-16,20H,5-7,10H2,1-4H3/t13-,14+,15+,16+,20+,21+,22+,23+,24+/m1/s1. The Labute approximate surface area is 195 Å². The van der Waals surface area contributed by atoms with Crippen molar-refractivity contribution in [3.05, 3.63) is 22.8 Å². The molecular formula is C24H27BrClFO4. The van der Waals surface area contributed by atoms with Gasteiger partial charge in [0.2, 0.25) is 0 Å². The smallest absolute Gasteiger partial charge is 0.303 e. The van der Waals surface area contributed by atoms with Crippen LogP contribution in [0, 0.1) is 34.5 Å². The molecular weight excluding hydrogens is 487 g/mol. The molecule has 5 rings (SSSR count). The van der Waals surface area contributed by atoms with E-state index < -0.39 is 32.9 Å². The van der Waals surface area contributed by atoms with Crippen LogP contribution in [-0.2, 0) is 19.1 Å². The predicted molar refractivity (Wildman–Crippen MR) is 117 cm³/mol. The lowest BCUT2D eigenvalue weighted by molar-refractivity contribution is -0.187. The van der Waals surface area contributed by atoms with Crippen molar-refractivity contribution in [3.8, 4) is 0 Å². The summed E-state index contributed by atoms with van der Waals surface area (Å²) in [5, 5.41) is 0.505. The first-order valence-corrected chi connectivity index (χ1v) is 12.2. The Kier molecular flexibility index (Phi) is 4.44. The number of carbonyl (C=O) groups is 3. The zero-order chi connectivity index (χ0) is 22.7. The first-order chi connectivity index (χ1) is 14.3. The molecule has 5 aliphatic rings. The van der Waals surface area contributed by atoms with Crippen LogP contribution in [0.3, 0.4) is 0 Å². The number of hydrogen-bond acceptors (Lipinski definition) is 4. The first kappa shape index (κ1) is 21.8. The number of allylic oxidation sites excluding steroid dienone is 4. The van der Waals surface area contributed by atoms with Gasteiger partial charge in [0.25, 0.3) is 0 Å². The highest BCUT2D eigenvalue weighted by molar-refractivity contribution is 9.10. The van der Waals surface area contributed by atoms with E-state index in [2.05, 4.69) is 15.9 Å². The lowest BCUT2D eigenvalue weighted by Crippen LogP contribution is -2.68. The summed E-state index contributed by atoms with van der Waals surface area (Å²) in [7, 11) is 0. The molecule has 0 aromatic carbocycles. The predicted octanol–water partition coefficient (Wildman–Crippen LogP) is 5.07. The molecule has 9 atom stereocenters. The van der Waals surface area contributed by atoms with Gasteiger partial charge in [-0.05, 0) is 56.1 Å². The average Bonchev–Trinajstić information content (AvgIpc) is 3.43. The molecule has 0 aliphatic heterocycles. The minimum absolute atomic E-state index is 0.0550. The first-order valence-electron chi connectivity index (χ1n) is 11.0. The summed E-state index contributed by atoms with van der Waals surface area (Å²) in [6.45, 7) is 6.68. The summed E-state index contributed by atoms with van der Waals surface area (Å²) in [5.41, 5.74) is -2.06. The van der Waals surface area contributed by atoms with Crippen LogP contribution < -0.4 is 0 Å². The third-order valence-electron chi connectivity index (χ3n) is 9.54. The summed E-state index contributed by atoms with van der Waals surface area (Å²) in [6.07, 6.45) is 4.07. The van der Waals surface area contributed by atoms with Crippen LogP contribution in [0.5, 0.6) is 0 Å². The number of carbonyl (C=O) groups excluding carboxylic acids is 3. The third kappa shape index (κ3) is 2.34. The molecule has 7 heteroatoms. The van der Waals surface area contributed by atoms with Gasteiger partial charge < -0.3 is 4.74 Å². The van der Waals surface area contributed by atoms with Crippen molar-refractivity contribution in [2.75, 3.05) is 0 Å². The van der Waals surface area contributed by atoms with Gasteiger partial charge >= 0.3 is 5.97 Å². The Morgan fingerprint density at radius 1 is 1.26 bits per heavy atom. The highest BCUT2D eigenvalue weighted by atomic mass is 79.9. The number of halogens is 3. The van der Waals surface area contributed by atoms with Crippen molar-refractivity contribution in [2.45, 2.75) is 69.5 Å². The number of ether oxygens (including phenoxy) is 1. The maximum absolute atomic E-state index is 16.5. The fraction of sp³-hybridized carbons (Fsp3) is 0.708. The fourth-order valence-corrected chi connectivity index (χ4v) is 9.46. The van der Waals surface area contributed by atoms with E-state index in [0.717, 1.165) is 12.0 Å². The molecule has 0 aromatic rings. The van der Waals surface area contributed by atoms with Crippen molar-refractivity contribution in [3.63, 3.8) is 0 Å². The molecule has 5 aliphatic carbocycles. The number of alkyl halides is 2. The molecule has 31 heavy (non-hydrogen) atoms. The minimum Gasteiger partial charge on any atom is -0.451 e. The molecule has 168 valence electrons. The Bertz CT molecular complexity index is 992. The van der Waals surface area contributed by atoms with Crippen LogP contribution in [0.4, 0.5) is 4.39 Å². The minimum atomic E-state index is -1.33. The molecule has 0 radical (unpaired) electrons. The van der Waals surface area contributed by atoms with Gasteiger partial charge in [-0.3, -0.25) is 14.4 Å². The van der Waals surface area contributed by atoms with Crippen molar-refractivity contribution in [1.29, 1.82) is 0 Å². The third-order valence-corrected chi connectivity index (χ3v) is 11.7. The largest absolute Gasteiger partial charge is 0.451 e. The van der Waals surface area contributed by atoms with E-state index in [-0.39, 0.29) is 41.7 Å². The molecule has 0 bridgehead atoms. The number of Topliss-reactive ketones (excluding diaryl/α,β-unsaturated/α-hetero) is 1.